The van der Waals surface area contributed by atoms with Gasteiger partial charge in [-0.2, -0.15) is 4.31 Å². The predicted octanol–water partition coefficient (Wildman–Crippen LogP) is 3.31. The molecule has 0 saturated carbocycles. The molecule has 1 aromatic rings. The van der Waals surface area contributed by atoms with E-state index in [1.165, 1.54) is 17.3 Å². The number of rotatable bonds is 6. The van der Waals surface area contributed by atoms with Gasteiger partial charge in [-0.05, 0) is 78.0 Å². The summed E-state index contributed by atoms with van der Waals surface area (Å²) in [5.41, 5.74) is 0.306. The molecule has 2 aliphatic rings. The SMILES string of the molecule is C[C@H](OC(=O)c1ccc(N2CCCCC2)c(S(=O)(=O)N2CCCCC2)c1)C(=O)NC(C)(C)C. The lowest BCUT2D eigenvalue weighted by Gasteiger charge is -2.33. The lowest BCUT2D eigenvalue weighted by atomic mass is 10.1. The van der Waals surface area contributed by atoms with Crippen molar-refractivity contribution < 1.29 is 22.7 Å². The Balaban J connectivity index is 1.89. The molecule has 8 nitrogen and oxygen atoms in total. The zero-order chi connectivity index (χ0) is 24.2. The van der Waals surface area contributed by atoms with Crippen LogP contribution in [0, 0.1) is 0 Å². The smallest absolute Gasteiger partial charge is 0.338 e. The maximum atomic E-state index is 13.6. The van der Waals surface area contributed by atoms with Gasteiger partial charge in [0.25, 0.3) is 5.91 Å². The Hall–Kier alpha value is -2.13. The van der Waals surface area contributed by atoms with Crippen molar-refractivity contribution in [1.82, 2.24) is 9.62 Å². The Labute approximate surface area is 197 Å². The summed E-state index contributed by atoms with van der Waals surface area (Å²) in [6.45, 7) is 9.59. The van der Waals surface area contributed by atoms with Gasteiger partial charge < -0.3 is 15.0 Å². The molecule has 0 aliphatic carbocycles. The van der Waals surface area contributed by atoms with E-state index < -0.39 is 33.5 Å². The van der Waals surface area contributed by atoms with Crippen LogP contribution >= 0.6 is 0 Å². The molecule has 33 heavy (non-hydrogen) atoms. The number of amides is 1. The average Bonchev–Trinajstić information content (AvgIpc) is 2.78. The van der Waals surface area contributed by atoms with E-state index in [4.69, 9.17) is 4.74 Å². The van der Waals surface area contributed by atoms with Gasteiger partial charge in [-0.15, -0.1) is 0 Å². The Morgan fingerprint density at radius 3 is 2.12 bits per heavy atom. The van der Waals surface area contributed by atoms with E-state index >= 15 is 0 Å². The van der Waals surface area contributed by atoms with E-state index in [-0.39, 0.29) is 10.5 Å². The summed E-state index contributed by atoms with van der Waals surface area (Å²) in [6.07, 6.45) is 4.83. The van der Waals surface area contributed by atoms with Crippen molar-refractivity contribution in [1.29, 1.82) is 0 Å². The number of sulfonamides is 1. The van der Waals surface area contributed by atoms with Gasteiger partial charge in [0.1, 0.15) is 4.90 Å². The minimum absolute atomic E-state index is 0.127. The van der Waals surface area contributed by atoms with Crippen LogP contribution in [0.15, 0.2) is 23.1 Å². The average molecular weight is 480 g/mol. The van der Waals surface area contributed by atoms with Crippen molar-refractivity contribution in [3.8, 4) is 0 Å². The van der Waals surface area contributed by atoms with Crippen LogP contribution in [0.4, 0.5) is 5.69 Å². The third kappa shape index (κ3) is 6.47. The normalized spacial score (nSPS) is 19.1. The Bertz CT molecular complexity index is 959. The third-order valence-corrected chi connectivity index (χ3v) is 7.90. The number of piperidine rings is 2. The van der Waals surface area contributed by atoms with E-state index in [0.29, 0.717) is 18.8 Å². The molecule has 1 amide bonds. The predicted molar refractivity (Wildman–Crippen MR) is 128 cm³/mol. The second kappa shape index (κ2) is 10.4. The van der Waals surface area contributed by atoms with Gasteiger partial charge in [0, 0.05) is 31.7 Å². The fraction of sp³-hybridized carbons (Fsp3) is 0.667. The van der Waals surface area contributed by atoms with Gasteiger partial charge in [0.2, 0.25) is 10.0 Å². The monoisotopic (exact) mass is 479 g/mol. The number of anilines is 1. The molecule has 1 atom stereocenters. The number of benzene rings is 1. The zero-order valence-corrected chi connectivity index (χ0v) is 21.0. The van der Waals surface area contributed by atoms with E-state index in [9.17, 15) is 18.0 Å². The second-order valence-electron chi connectivity index (χ2n) is 9.98. The van der Waals surface area contributed by atoms with Gasteiger partial charge in [0.05, 0.1) is 11.3 Å². The van der Waals surface area contributed by atoms with Crippen LogP contribution in [0.3, 0.4) is 0 Å². The van der Waals surface area contributed by atoms with E-state index in [1.807, 2.05) is 20.8 Å². The summed E-state index contributed by atoms with van der Waals surface area (Å²) < 4.78 is 34.1. The molecule has 2 aliphatic heterocycles. The molecular formula is C24H37N3O5S. The van der Waals surface area contributed by atoms with Crippen LogP contribution in [0.2, 0.25) is 0 Å². The number of hydrogen-bond donors (Lipinski definition) is 1. The summed E-state index contributed by atoms with van der Waals surface area (Å²) in [7, 11) is -3.76. The van der Waals surface area contributed by atoms with Crippen molar-refractivity contribution in [2.45, 2.75) is 82.8 Å². The second-order valence-corrected chi connectivity index (χ2v) is 11.9. The minimum Gasteiger partial charge on any atom is -0.449 e. The van der Waals surface area contributed by atoms with Gasteiger partial charge in [-0.25, -0.2) is 13.2 Å². The number of nitrogens with zero attached hydrogens (tertiary/aromatic N) is 2. The number of hydrogen-bond acceptors (Lipinski definition) is 6. The summed E-state index contributed by atoms with van der Waals surface area (Å²) in [5.74, 6) is -1.12. The first-order chi connectivity index (χ1) is 15.5. The minimum atomic E-state index is -3.76. The maximum Gasteiger partial charge on any atom is 0.338 e. The molecule has 0 aromatic heterocycles. The fourth-order valence-corrected chi connectivity index (χ4v) is 6.00. The van der Waals surface area contributed by atoms with Gasteiger partial charge in [0.15, 0.2) is 6.10 Å². The topological polar surface area (TPSA) is 96.0 Å². The summed E-state index contributed by atoms with van der Waals surface area (Å²) in [4.78, 5) is 27.4. The van der Waals surface area contributed by atoms with Crippen LogP contribution in [-0.4, -0.2) is 62.4 Å². The highest BCUT2D eigenvalue weighted by Gasteiger charge is 2.32. The first kappa shape index (κ1) is 25.5. The zero-order valence-electron chi connectivity index (χ0n) is 20.2. The largest absolute Gasteiger partial charge is 0.449 e. The van der Waals surface area contributed by atoms with E-state index in [0.717, 1.165) is 51.6 Å². The molecule has 1 N–H and O–H groups in total. The number of esters is 1. The molecule has 2 fully saturated rings. The highest BCUT2D eigenvalue weighted by atomic mass is 32.2. The molecular weight excluding hydrogens is 442 g/mol. The molecule has 0 bridgehead atoms. The standard InChI is InChI=1S/C24H37N3O5S/c1-18(22(28)25-24(2,3)4)32-23(29)19-11-12-20(26-13-7-5-8-14-26)21(17-19)33(30,31)27-15-9-6-10-16-27/h11-12,17-18H,5-10,13-16H2,1-4H3,(H,25,28)/t18-/m0/s1. The first-order valence-corrected chi connectivity index (χ1v) is 13.4. The Morgan fingerprint density at radius 1 is 0.970 bits per heavy atom. The molecule has 3 rings (SSSR count). The molecule has 2 saturated heterocycles. The highest BCUT2D eigenvalue weighted by Crippen LogP contribution is 2.32. The van der Waals surface area contributed by atoms with Crippen molar-refractivity contribution in [3.05, 3.63) is 23.8 Å². The summed E-state index contributed by atoms with van der Waals surface area (Å²) >= 11 is 0. The molecule has 0 radical (unpaired) electrons. The van der Waals surface area contributed by atoms with Gasteiger partial charge in [-0.1, -0.05) is 6.42 Å². The summed E-state index contributed by atoms with van der Waals surface area (Å²) in [6, 6.07) is 4.72. The van der Waals surface area contributed by atoms with E-state index in [1.54, 1.807) is 12.1 Å². The van der Waals surface area contributed by atoms with Crippen molar-refractivity contribution in [2.24, 2.45) is 0 Å². The van der Waals surface area contributed by atoms with Crippen LogP contribution < -0.4 is 10.2 Å². The highest BCUT2D eigenvalue weighted by molar-refractivity contribution is 7.89. The molecule has 1 aromatic carbocycles. The first-order valence-electron chi connectivity index (χ1n) is 11.9. The van der Waals surface area contributed by atoms with Crippen LogP contribution in [0.5, 0.6) is 0 Å². The number of nitrogens with one attached hydrogen (secondary N) is 1. The number of ether oxygens (including phenoxy) is 1. The van der Waals surface area contributed by atoms with Crippen molar-refractivity contribution in [2.75, 3.05) is 31.1 Å². The van der Waals surface area contributed by atoms with Crippen LogP contribution in [-0.2, 0) is 19.6 Å². The molecule has 9 heteroatoms. The van der Waals surface area contributed by atoms with Gasteiger partial charge in [-0.3, -0.25) is 4.79 Å². The summed E-state index contributed by atoms with van der Waals surface area (Å²) in [5, 5.41) is 2.78. The van der Waals surface area contributed by atoms with Crippen molar-refractivity contribution in [3.63, 3.8) is 0 Å². The van der Waals surface area contributed by atoms with Crippen molar-refractivity contribution >= 4 is 27.6 Å². The third-order valence-electron chi connectivity index (χ3n) is 5.98. The lowest BCUT2D eigenvalue weighted by molar-refractivity contribution is -0.130. The maximum absolute atomic E-state index is 13.6. The quantitative estimate of drug-likeness (QED) is 0.629. The lowest BCUT2D eigenvalue weighted by Crippen LogP contribution is -2.46. The van der Waals surface area contributed by atoms with Crippen LogP contribution in [0.25, 0.3) is 0 Å². The van der Waals surface area contributed by atoms with E-state index in [2.05, 4.69) is 10.2 Å². The molecule has 2 heterocycles. The molecule has 0 spiro atoms. The fourth-order valence-electron chi connectivity index (χ4n) is 4.24. The molecule has 0 unspecified atom stereocenters. The van der Waals surface area contributed by atoms with Crippen LogP contribution in [0.1, 0.15) is 76.6 Å². The Morgan fingerprint density at radius 2 is 1.55 bits per heavy atom. The molecule has 184 valence electrons. The van der Waals surface area contributed by atoms with Gasteiger partial charge >= 0.3 is 5.97 Å². The number of carbonyl (C=O) groups is 2. The number of carbonyl (C=O) groups excluding carboxylic acids is 2. The Kier molecular flexibility index (Phi) is 8.05.